The summed E-state index contributed by atoms with van der Waals surface area (Å²) < 4.78 is 0. The Labute approximate surface area is 103 Å². The van der Waals surface area contributed by atoms with Gasteiger partial charge in [0.15, 0.2) is 0 Å². The van der Waals surface area contributed by atoms with Gasteiger partial charge >= 0.3 is 5.97 Å². The number of carbonyl (C=O) groups is 1. The van der Waals surface area contributed by atoms with Crippen molar-refractivity contribution < 1.29 is 9.90 Å². The summed E-state index contributed by atoms with van der Waals surface area (Å²) in [5, 5.41) is 11.0. The number of fused-ring (bicyclic) bond motifs is 3. The minimum atomic E-state index is -0.747. The topological polar surface area (TPSA) is 53.1 Å². The number of aryl methyl sites for hydroxylation is 1. The van der Waals surface area contributed by atoms with Gasteiger partial charge in [-0.15, -0.1) is 0 Å². The molecule has 0 saturated heterocycles. The van der Waals surface area contributed by atoms with Crippen LogP contribution in [0, 0.1) is 0 Å². The zero-order valence-corrected chi connectivity index (χ0v) is 9.92. The van der Waals surface area contributed by atoms with E-state index < -0.39 is 11.9 Å². The van der Waals surface area contributed by atoms with E-state index in [0.717, 1.165) is 35.0 Å². The highest BCUT2D eigenvalue weighted by Crippen LogP contribution is 2.36. The fourth-order valence-electron chi connectivity index (χ4n) is 2.69. The molecule has 17 heavy (non-hydrogen) atoms. The van der Waals surface area contributed by atoms with Crippen molar-refractivity contribution in [3.05, 3.63) is 34.5 Å². The molecule has 3 rings (SSSR count). The molecule has 2 aromatic rings. The predicted molar refractivity (Wildman–Crippen MR) is 66.6 cm³/mol. The van der Waals surface area contributed by atoms with Crippen molar-refractivity contribution in [3.63, 3.8) is 0 Å². The zero-order valence-electron chi connectivity index (χ0n) is 9.16. The van der Waals surface area contributed by atoms with Crippen LogP contribution in [0.4, 0.5) is 0 Å². The second kappa shape index (κ2) is 3.77. The van der Waals surface area contributed by atoms with Crippen LogP contribution in [0.3, 0.4) is 0 Å². The van der Waals surface area contributed by atoms with E-state index in [0.29, 0.717) is 11.4 Å². The Balaban J connectivity index is 2.24. The second-order valence-electron chi connectivity index (χ2n) is 4.49. The van der Waals surface area contributed by atoms with Gasteiger partial charge in [-0.3, -0.25) is 4.79 Å². The number of H-pyrrole nitrogens is 1. The van der Waals surface area contributed by atoms with Crippen molar-refractivity contribution in [1.29, 1.82) is 0 Å². The van der Waals surface area contributed by atoms with E-state index in [1.807, 2.05) is 18.2 Å². The van der Waals surface area contributed by atoms with Gasteiger partial charge in [0.05, 0.1) is 5.92 Å². The van der Waals surface area contributed by atoms with Crippen molar-refractivity contribution >= 4 is 28.5 Å². The predicted octanol–water partition coefficient (Wildman–Crippen LogP) is 3.33. The number of carboxylic acids is 1. The Bertz CT molecular complexity index is 603. The van der Waals surface area contributed by atoms with Crippen LogP contribution in [0.25, 0.3) is 10.9 Å². The van der Waals surface area contributed by atoms with Crippen LogP contribution in [0.1, 0.15) is 30.0 Å². The first-order chi connectivity index (χ1) is 8.16. The Kier molecular flexibility index (Phi) is 2.37. The molecule has 0 aliphatic heterocycles. The van der Waals surface area contributed by atoms with Gasteiger partial charge in [-0.05, 0) is 37.0 Å². The summed E-state index contributed by atoms with van der Waals surface area (Å²) in [4.78, 5) is 14.4. The van der Waals surface area contributed by atoms with E-state index in [1.165, 1.54) is 0 Å². The van der Waals surface area contributed by atoms with Gasteiger partial charge < -0.3 is 10.1 Å². The molecule has 4 heteroatoms. The first-order valence-corrected chi connectivity index (χ1v) is 6.07. The number of benzene rings is 1. The molecule has 0 spiro atoms. The lowest BCUT2D eigenvalue weighted by Gasteiger charge is -2.18. The van der Waals surface area contributed by atoms with Gasteiger partial charge in [-0.25, -0.2) is 0 Å². The van der Waals surface area contributed by atoms with Crippen LogP contribution < -0.4 is 0 Å². The molecule has 3 nitrogen and oxygen atoms in total. The zero-order chi connectivity index (χ0) is 12.0. The van der Waals surface area contributed by atoms with E-state index >= 15 is 0 Å². The quantitative estimate of drug-likeness (QED) is 0.815. The van der Waals surface area contributed by atoms with Crippen LogP contribution in [0.15, 0.2) is 18.2 Å². The summed E-state index contributed by atoms with van der Waals surface area (Å²) in [5.74, 6) is -1.14. The molecule has 1 aromatic carbocycles. The number of hydrogen-bond donors (Lipinski definition) is 2. The van der Waals surface area contributed by atoms with Crippen LogP contribution in [-0.2, 0) is 11.2 Å². The van der Waals surface area contributed by atoms with Crippen LogP contribution in [0.5, 0.6) is 0 Å². The molecular weight excluding hydrogens is 238 g/mol. The Hall–Kier alpha value is -1.48. The van der Waals surface area contributed by atoms with Gasteiger partial charge in [0.1, 0.15) is 0 Å². The summed E-state index contributed by atoms with van der Waals surface area (Å²) in [7, 11) is 0. The maximum atomic E-state index is 11.2. The summed E-state index contributed by atoms with van der Waals surface area (Å²) in [5.41, 5.74) is 2.95. The van der Waals surface area contributed by atoms with Crippen molar-refractivity contribution in [2.45, 2.75) is 25.2 Å². The molecule has 1 aliphatic rings. The van der Waals surface area contributed by atoms with E-state index in [2.05, 4.69) is 4.98 Å². The maximum Gasteiger partial charge on any atom is 0.312 e. The molecular formula is C13H12ClNO2. The average Bonchev–Trinajstić information content (AvgIpc) is 2.65. The van der Waals surface area contributed by atoms with Crippen molar-refractivity contribution in [2.24, 2.45) is 0 Å². The van der Waals surface area contributed by atoms with Gasteiger partial charge in [0.2, 0.25) is 0 Å². The summed E-state index contributed by atoms with van der Waals surface area (Å²) in [6.07, 6.45) is 2.59. The molecule has 0 radical (unpaired) electrons. The van der Waals surface area contributed by atoms with Crippen molar-refractivity contribution in [3.8, 4) is 0 Å². The van der Waals surface area contributed by atoms with E-state index in [-0.39, 0.29) is 0 Å². The Morgan fingerprint density at radius 3 is 3.06 bits per heavy atom. The molecule has 1 aromatic heterocycles. The van der Waals surface area contributed by atoms with Crippen LogP contribution in [0.2, 0.25) is 5.02 Å². The number of hydrogen-bond acceptors (Lipinski definition) is 1. The number of halogens is 1. The lowest BCUT2D eigenvalue weighted by atomic mass is 9.87. The minimum Gasteiger partial charge on any atom is -0.481 e. The smallest absolute Gasteiger partial charge is 0.312 e. The number of nitrogens with one attached hydrogen (secondary N) is 1. The number of aromatic nitrogens is 1. The lowest BCUT2D eigenvalue weighted by Crippen LogP contribution is -2.17. The first-order valence-electron chi connectivity index (χ1n) is 5.69. The lowest BCUT2D eigenvalue weighted by molar-refractivity contribution is -0.139. The van der Waals surface area contributed by atoms with Crippen molar-refractivity contribution in [2.75, 3.05) is 0 Å². The van der Waals surface area contributed by atoms with E-state index in [9.17, 15) is 9.90 Å². The average molecular weight is 250 g/mol. The normalized spacial score (nSPS) is 19.2. The molecule has 1 heterocycles. The summed E-state index contributed by atoms with van der Waals surface area (Å²) in [6, 6.07) is 5.67. The molecule has 2 N–H and O–H groups in total. The van der Waals surface area contributed by atoms with E-state index in [4.69, 9.17) is 11.6 Å². The Morgan fingerprint density at radius 1 is 1.47 bits per heavy atom. The summed E-state index contributed by atoms with van der Waals surface area (Å²) in [6.45, 7) is 0. The third-order valence-corrected chi connectivity index (χ3v) is 3.70. The molecule has 1 atom stereocenters. The number of rotatable bonds is 1. The number of carboxylic acid groups (broad SMARTS) is 1. The van der Waals surface area contributed by atoms with Crippen molar-refractivity contribution in [1.82, 2.24) is 4.98 Å². The molecule has 1 unspecified atom stereocenters. The number of aromatic amines is 1. The third kappa shape index (κ3) is 1.62. The Morgan fingerprint density at radius 2 is 2.29 bits per heavy atom. The van der Waals surface area contributed by atoms with Gasteiger partial charge in [-0.1, -0.05) is 17.7 Å². The highest BCUT2D eigenvalue weighted by atomic mass is 35.5. The molecule has 0 saturated carbocycles. The number of aliphatic carboxylic acids is 1. The molecule has 0 amide bonds. The molecule has 88 valence electrons. The second-order valence-corrected chi connectivity index (χ2v) is 4.93. The standard InChI is InChI=1S/C13H12ClNO2/c14-7-4-5-8-9-2-1-3-10(13(16)17)12(9)15-11(8)6-7/h4-6,10,15H,1-3H2,(H,16,17). The van der Waals surface area contributed by atoms with Gasteiger partial charge in [0.25, 0.3) is 0 Å². The fourth-order valence-corrected chi connectivity index (χ4v) is 2.86. The highest BCUT2D eigenvalue weighted by Gasteiger charge is 2.29. The summed E-state index contributed by atoms with van der Waals surface area (Å²) >= 11 is 5.94. The minimum absolute atomic E-state index is 0.398. The third-order valence-electron chi connectivity index (χ3n) is 3.47. The first kappa shape index (κ1) is 10.7. The molecule has 1 aliphatic carbocycles. The molecule has 0 bridgehead atoms. The fraction of sp³-hybridized carbons (Fsp3) is 0.308. The highest BCUT2D eigenvalue weighted by molar-refractivity contribution is 6.31. The maximum absolute atomic E-state index is 11.2. The van der Waals surface area contributed by atoms with Crippen LogP contribution in [-0.4, -0.2) is 16.1 Å². The monoisotopic (exact) mass is 249 g/mol. The van der Waals surface area contributed by atoms with E-state index in [1.54, 1.807) is 0 Å². The molecule has 0 fully saturated rings. The largest absolute Gasteiger partial charge is 0.481 e. The van der Waals surface area contributed by atoms with Gasteiger partial charge in [0, 0.05) is 21.6 Å². The SMILES string of the molecule is O=C(O)C1CCCc2c1[nH]c1cc(Cl)ccc21. The van der Waals surface area contributed by atoms with Crippen LogP contribution >= 0.6 is 11.6 Å². The van der Waals surface area contributed by atoms with Gasteiger partial charge in [-0.2, -0.15) is 0 Å².